The molecule has 2 aromatic heterocycles. The number of para-hydroxylation sites is 1. The molecule has 0 saturated heterocycles. The highest BCUT2D eigenvalue weighted by Gasteiger charge is 2.22. The van der Waals surface area contributed by atoms with Crippen molar-refractivity contribution in [3.8, 4) is 11.5 Å². The van der Waals surface area contributed by atoms with Crippen LogP contribution in [-0.2, 0) is 0 Å². The summed E-state index contributed by atoms with van der Waals surface area (Å²) < 4.78 is 13.4. The number of hydrogen-bond acceptors (Lipinski definition) is 6. The zero-order valence-corrected chi connectivity index (χ0v) is 17.7. The number of benzene rings is 1. The third-order valence-corrected chi connectivity index (χ3v) is 6.00. The van der Waals surface area contributed by atoms with Gasteiger partial charge in [0.05, 0.1) is 25.1 Å². The summed E-state index contributed by atoms with van der Waals surface area (Å²) in [6.45, 7) is 1.25. The molecule has 0 atom stereocenters. The van der Waals surface area contributed by atoms with Gasteiger partial charge >= 0.3 is 0 Å². The highest BCUT2D eigenvalue weighted by atomic mass is 16.5. The lowest BCUT2D eigenvalue weighted by Crippen LogP contribution is -2.36. The fraction of sp³-hybridized carbons (Fsp3) is 0.435. The van der Waals surface area contributed by atoms with Crippen molar-refractivity contribution in [3.63, 3.8) is 0 Å². The Bertz CT molecular complexity index is 1090. The molecular weight excluding hydrogens is 394 g/mol. The van der Waals surface area contributed by atoms with Gasteiger partial charge in [0.25, 0.3) is 5.91 Å². The van der Waals surface area contributed by atoms with Crippen LogP contribution in [0.1, 0.15) is 48.9 Å². The number of ether oxygens (including phenoxy) is 2. The van der Waals surface area contributed by atoms with Crippen molar-refractivity contribution >= 4 is 23.1 Å². The molecule has 3 heterocycles. The number of nitrogens with zero attached hydrogens (tertiary/aromatic N) is 4. The van der Waals surface area contributed by atoms with Gasteiger partial charge in [-0.05, 0) is 31.0 Å². The number of carbonyl (C=O) groups excluding carboxylic acids is 1. The Balaban J connectivity index is 1.45. The van der Waals surface area contributed by atoms with Crippen LogP contribution in [0.2, 0.25) is 0 Å². The average Bonchev–Trinajstić information content (AvgIpc) is 3.07. The van der Waals surface area contributed by atoms with E-state index in [1.807, 2.05) is 42.4 Å². The fourth-order valence-electron chi connectivity index (χ4n) is 4.28. The molecule has 1 fully saturated rings. The van der Waals surface area contributed by atoms with Crippen molar-refractivity contribution in [3.05, 3.63) is 42.2 Å². The summed E-state index contributed by atoms with van der Waals surface area (Å²) in [5, 5.41) is 7.48. The lowest BCUT2D eigenvalue weighted by molar-refractivity contribution is 0.0929. The number of fused-ring (bicyclic) bond motifs is 2. The first-order chi connectivity index (χ1) is 15.2. The Hall–Kier alpha value is -3.29. The van der Waals surface area contributed by atoms with Gasteiger partial charge in [-0.3, -0.25) is 4.79 Å². The van der Waals surface area contributed by atoms with Gasteiger partial charge in [0, 0.05) is 25.7 Å². The molecule has 8 heteroatoms. The Kier molecular flexibility index (Phi) is 5.36. The van der Waals surface area contributed by atoms with E-state index in [0.29, 0.717) is 36.0 Å². The van der Waals surface area contributed by atoms with Gasteiger partial charge in [-0.2, -0.15) is 5.10 Å². The summed E-state index contributed by atoms with van der Waals surface area (Å²) in [7, 11) is 1.93. The molecule has 0 radical (unpaired) electrons. The van der Waals surface area contributed by atoms with E-state index in [1.54, 1.807) is 10.7 Å². The highest BCUT2D eigenvalue weighted by Crippen LogP contribution is 2.40. The van der Waals surface area contributed by atoms with Crippen LogP contribution in [-0.4, -0.2) is 46.8 Å². The van der Waals surface area contributed by atoms with Gasteiger partial charge in [-0.25, -0.2) is 9.50 Å². The SMILES string of the molecule is CN(c1ccn2ncc(C(=O)NC3CCCCC3)c2n1)c1cccc2c1OCCCO2. The zero-order valence-electron chi connectivity index (χ0n) is 17.7. The molecule has 2 aliphatic rings. The molecule has 0 spiro atoms. The molecule has 1 aliphatic carbocycles. The quantitative estimate of drug-likeness (QED) is 0.692. The largest absolute Gasteiger partial charge is 0.489 e. The maximum absolute atomic E-state index is 12.9. The normalized spacial score (nSPS) is 16.7. The minimum absolute atomic E-state index is 0.112. The maximum atomic E-state index is 12.9. The van der Waals surface area contributed by atoms with Crippen LogP contribution in [0.3, 0.4) is 0 Å². The second kappa shape index (κ2) is 8.45. The molecule has 1 aliphatic heterocycles. The van der Waals surface area contributed by atoms with Gasteiger partial charge in [0.2, 0.25) is 0 Å². The third-order valence-electron chi connectivity index (χ3n) is 6.00. The lowest BCUT2D eigenvalue weighted by atomic mass is 9.95. The Morgan fingerprint density at radius 1 is 1.13 bits per heavy atom. The molecule has 3 aromatic rings. The summed E-state index contributed by atoms with van der Waals surface area (Å²) in [6, 6.07) is 7.95. The number of hydrogen-bond donors (Lipinski definition) is 1. The Morgan fingerprint density at radius 3 is 2.84 bits per heavy atom. The van der Waals surface area contributed by atoms with Crippen LogP contribution < -0.4 is 19.7 Å². The molecule has 1 N–H and O–H groups in total. The van der Waals surface area contributed by atoms with Crippen molar-refractivity contribution in [1.82, 2.24) is 19.9 Å². The summed E-state index contributed by atoms with van der Waals surface area (Å²) in [5.41, 5.74) is 1.90. The zero-order chi connectivity index (χ0) is 21.2. The van der Waals surface area contributed by atoms with Gasteiger partial charge in [0.15, 0.2) is 17.1 Å². The number of aromatic nitrogens is 3. The van der Waals surface area contributed by atoms with Crippen molar-refractivity contribution in [2.75, 3.05) is 25.2 Å². The van der Waals surface area contributed by atoms with Crippen LogP contribution in [0, 0.1) is 0 Å². The van der Waals surface area contributed by atoms with Gasteiger partial charge in [-0.15, -0.1) is 0 Å². The van der Waals surface area contributed by atoms with E-state index in [4.69, 9.17) is 14.5 Å². The average molecular weight is 422 g/mol. The summed E-state index contributed by atoms with van der Waals surface area (Å²) in [5.74, 6) is 2.04. The molecule has 162 valence electrons. The predicted octanol–water partition coefficient (Wildman–Crippen LogP) is 3.72. The van der Waals surface area contributed by atoms with Crippen LogP contribution in [0.15, 0.2) is 36.7 Å². The van der Waals surface area contributed by atoms with Crippen LogP contribution in [0.4, 0.5) is 11.5 Å². The number of carbonyl (C=O) groups is 1. The molecule has 0 bridgehead atoms. The second-order valence-electron chi connectivity index (χ2n) is 8.13. The predicted molar refractivity (Wildman–Crippen MR) is 117 cm³/mol. The van der Waals surface area contributed by atoms with E-state index in [9.17, 15) is 4.79 Å². The van der Waals surface area contributed by atoms with E-state index < -0.39 is 0 Å². The smallest absolute Gasteiger partial charge is 0.256 e. The van der Waals surface area contributed by atoms with Gasteiger partial charge in [-0.1, -0.05) is 25.3 Å². The highest BCUT2D eigenvalue weighted by molar-refractivity contribution is 6.00. The van der Waals surface area contributed by atoms with E-state index >= 15 is 0 Å². The molecule has 0 unspecified atom stereocenters. The number of rotatable bonds is 4. The topological polar surface area (TPSA) is 81.0 Å². The van der Waals surface area contributed by atoms with Gasteiger partial charge in [0.1, 0.15) is 11.4 Å². The van der Waals surface area contributed by atoms with Crippen LogP contribution in [0.5, 0.6) is 11.5 Å². The molecule has 8 nitrogen and oxygen atoms in total. The minimum atomic E-state index is -0.112. The first-order valence-electron chi connectivity index (χ1n) is 11.0. The lowest BCUT2D eigenvalue weighted by Gasteiger charge is -2.23. The summed E-state index contributed by atoms with van der Waals surface area (Å²) in [4.78, 5) is 19.6. The molecule has 1 amide bonds. The monoisotopic (exact) mass is 421 g/mol. The molecule has 1 aromatic carbocycles. The first kappa shape index (κ1) is 19.7. The summed E-state index contributed by atoms with van der Waals surface area (Å²) in [6.07, 6.45) is 9.91. The third kappa shape index (κ3) is 3.89. The number of nitrogens with one attached hydrogen (secondary N) is 1. The van der Waals surface area contributed by atoms with Gasteiger partial charge < -0.3 is 19.7 Å². The minimum Gasteiger partial charge on any atom is -0.489 e. The van der Waals surface area contributed by atoms with Crippen LogP contribution in [0.25, 0.3) is 5.65 Å². The number of anilines is 2. The van der Waals surface area contributed by atoms with E-state index in [0.717, 1.165) is 30.7 Å². The van der Waals surface area contributed by atoms with Crippen molar-refractivity contribution in [1.29, 1.82) is 0 Å². The second-order valence-corrected chi connectivity index (χ2v) is 8.13. The van der Waals surface area contributed by atoms with Crippen molar-refractivity contribution in [2.45, 2.75) is 44.6 Å². The molecular formula is C23H27N5O3. The molecule has 1 saturated carbocycles. The van der Waals surface area contributed by atoms with Crippen molar-refractivity contribution < 1.29 is 14.3 Å². The van der Waals surface area contributed by atoms with Crippen LogP contribution >= 0.6 is 0 Å². The van der Waals surface area contributed by atoms with E-state index in [2.05, 4.69) is 10.4 Å². The van der Waals surface area contributed by atoms with E-state index in [1.165, 1.54) is 19.3 Å². The van der Waals surface area contributed by atoms with Crippen molar-refractivity contribution in [2.24, 2.45) is 0 Å². The Morgan fingerprint density at radius 2 is 1.97 bits per heavy atom. The molecule has 31 heavy (non-hydrogen) atoms. The Labute approximate surface area is 181 Å². The summed E-state index contributed by atoms with van der Waals surface area (Å²) >= 11 is 0. The fourth-order valence-corrected chi connectivity index (χ4v) is 4.28. The molecule has 5 rings (SSSR count). The first-order valence-corrected chi connectivity index (χ1v) is 11.0. The standard InChI is InChI=1S/C23H27N5O3/c1-27(18-9-5-10-19-21(18)31-14-6-13-30-19)20-11-12-28-22(26-20)17(15-24-28)23(29)25-16-7-3-2-4-8-16/h5,9-12,15-16H,2-4,6-8,13-14H2,1H3,(H,25,29). The maximum Gasteiger partial charge on any atom is 0.256 e. The van der Waals surface area contributed by atoms with E-state index in [-0.39, 0.29) is 11.9 Å². The number of amides is 1.